The number of hydrogen-bond donors (Lipinski definition) is 3. The van der Waals surface area contributed by atoms with Gasteiger partial charge in [0.15, 0.2) is 0 Å². The van der Waals surface area contributed by atoms with E-state index in [2.05, 4.69) is 17.6 Å². The van der Waals surface area contributed by atoms with Crippen LogP contribution in [-0.2, 0) is 9.53 Å². The zero-order chi connectivity index (χ0) is 11.9. The highest BCUT2D eigenvalue weighted by molar-refractivity contribution is 5.83. The fourth-order valence-corrected chi connectivity index (χ4v) is 1.99. The molecule has 1 atom stereocenters. The average molecular weight is 230 g/mol. The molecule has 0 aromatic rings. The Labute approximate surface area is 96.6 Å². The SMILES string of the molecule is CCC1(C(=O)NCCOCCO)CCNC1. The van der Waals surface area contributed by atoms with E-state index in [1.807, 2.05) is 0 Å². The number of ether oxygens (including phenoxy) is 1. The lowest BCUT2D eigenvalue weighted by Gasteiger charge is -2.25. The van der Waals surface area contributed by atoms with Gasteiger partial charge in [-0.25, -0.2) is 0 Å². The molecular formula is C11H22N2O3. The van der Waals surface area contributed by atoms with Crippen LogP contribution in [0.1, 0.15) is 19.8 Å². The third kappa shape index (κ3) is 3.43. The lowest BCUT2D eigenvalue weighted by Crippen LogP contribution is -2.43. The first kappa shape index (κ1) is 13.4. The van der Waals surface area contributed by atoms with Crippen LogP contribution in [0.5, 0.6) is 0 Å². The Bertz CT molecular complexity index is 215. The Morgan fingerprint density at radius 3 is 2.94 bits per heavy atom. The number of carbonyl (C=O) groups excluding carboxylic acids is 1. The van der Waals surface area contributed by atoms with E-state index in [4.69, 9.17) is 9.84 Å². The summed E-state index contributed by atoms with van der Waals surface area (Å²) in [6, 6.07) is 0. The first-order chi connectivity index (χ1) is 7.75. The van der Waals surface area contributed by atoms with Crippen molar-refractivity contribution in [1.29, 1.82) is 0 Å². The molecule has 1 unspecified atom stereocenters. The number of aliphatic hydroxyl groups is 1. The van der Waals surface area contributed by atoms with Crippen LogP contribution in [-0.4, -0.2) is 50.5 Å². The van der Waals surface area contributed by atoms with Crippen molar-refractivity contribution in [3.8, 4) is 0 Å². The summed E-state index contributed by atoms with van der Waals surface area (Å²) in [5.74, 6) is 0.118. The normalized spacial score (nSPS) is 24.6. The van der Waals surface area contributed by atoms with Gasteiger partial charge in [-0.2, -0.15) is 0 Å². The molecule has 1 saturated heterocycles. The summed E-state index contributed by atoms with van der Waals surface area (Å²) in [6.45, 7) is 5.07. The Morgan fingerprint density at radius 1 is 1.56 bits per heavy atom. The molecule has 94 valence electrons. The van der Waals surface area contributed by atoms with Gasteiger partial charge in [0.25, 0.3) is 0 Å². The molecule has 0 spiro atoms. The molecule has 0 bridgehead atoms. The Kier molecular flexibility index (Phi) is 5.73. The van der Waals surface area contributed by atoms with Gasteiger partial charge in [0, 0.05) is 13.1 Å². The fraction of sp³-hybridized carbons (Fsp3) is 0.909. The van der Waals surface area contributed by atoms with Crippen LogP contribution < -0.4 is 10.6 Å². The minimum absolute atomic E-state index is 0.0246. The van der Waals surface area contributed by atoms with Crippen molar-refractivity contribution < 1.29 is 14.6 Å². The maximum atomic E-state index is 12.0. The van der Waals surface area contributed by atoms with Gasteiger partial charge in [0.05, 0.1) is 25.2 Å². The summed E-state index contributed by atoms with van der Waals surface area (Å²) in [5.41, 5.74) is -0.225. The highest BCUT2D eigenvalue weighted by atomic mass is 16.5. The Morgan fingerprint density at radius 2 is 2.38 bits per heavy atom. The first-order valence-corrected chi connectivity index (χ1v) is 5.93. The average Bonchev–Trinajstić information content (AvgIpc) is 2.78. The standard InChI is InChI=1S/C11H22N2O3/c1-2-11(3-4-12-9-11)10(15)13-5-7-16-8-6-14/h12,14H,2-9H2,1H3,(H,13,15). The quantitative estimate of drug-likeness (QED) is 0.516. The number of hydrogen-bond acceptors (Lipinski definition) is 4. The van der Waals surface area contributed by atoms with Gasteiger partial charge >= 0.3 is 0 Å². The topological polar surface area (TPSA) is 70.6 Å². The largest absolute Gasteiger partial charge is 0.394 e. The molecule has 0 aliphatic carbocycles. The van der Waals surface area contributed by atoms with Gasteiger partial charge in [-0.1, -0.05) is 6.92 Å². The van der Waals surface area contributed by atoms with Gasteiger partial charge in [-0.3, -0.25) is 4.79 Å². The van der Waals surface area contributed by atoms with Crippen molar-refractivity contribution in [3.05, 3.63) is 0 Å². The molecule has 16 heavy (non-hydrogen) atoms. The smallest absolute Gasteiger partial charge is 0.227 e. The predicted octanol–water partition coefficient (Wildman–Crippen LogP) is -0.499. The molecular weight excluding hydrogens is 208 g/mol. The van der Waals surface area contributed by atoms with Gasteiger partial charge in [0.2, 0.25) is 5.91 Å². The second-order valence-corrected chi connectivity index (χ2v) is 4.15. The van der Waals surface area contributed by atoms with E-state index in [-0.39, 0.29) is 17.9 Å². The summed E-state index contributed by atoms with van der Waals surface area (Å²) in [5, 5.41) is 14.6. The van der Waals surface area contributed by atoms with E-state index in [1.165, 1.54) is 0 Å². The maximum absolute atomic E-state index is 12.0. The summed E-state index contributed by atoms with van der Waals surface area (Å²) in [4.78, 5) is 12.0. The number of amides is 1. The summed E-state index contributed by atoms with van der Waals surface area (Å²) in [7, 11) is 0. The summed E-state index contributed by atoms with van der Waals surface area (Å²) < 4.78 is 5.08. The van der Waals surface area contributed by atoms with Crippen LogP contribution in [0.4, 0.5) is 0 Å². The Hall–Kier alpha value is -0.650. The molecule has 1 rings (SSSR count). The zero-order valence-electron chi connectivity index (χ0n) is 9.92. The lowest BCUT2D eigenvalue weighted by molar-refractivity contribution is -0.130. The fourth-order valence-electron chi connectivity index (χ4n) is 1.99. The molecule has 0 saturated carbocycles. The third-order valence-electron chi connectivity index (χ3n) is 3.17. The van der Waals surface area contributed by atoms with Gasteiger partial charge in [-0.15, -0.1) is 0 Å². The van der Waals surface area contributed by atoms with E-state index in [0.717, 1.165) is 25.9 Å². The second kappa shape index (κ2) is 6.83. The van der Waals surface area contributed by atoms with E-state index in [1.54, 1.807) is 0 Å². The molecule has 3 N–H and O–H groups in total. The number of aliphatic hydroxyl groups excluding tert-OH is 1. The Balaban J connectivity index is 2.22. The first-order valence-electron chi connectivity index (χ1n) is 5.93. The van der Waals surface area contributed by atoms with Crippen molar-refractivity contribution in [2.45, 2.75) is 19.8 Å². The van der Waals surface area contributed by atoms with Gasteiger partial charge in [0.1, 0.15) is 0 Å². The number of carbonyl (C=O) groups is 1. The number of nitrogens with one attached hydrogen (secondary N) is 2. The third-order valence-corrected chi connectivity index (χ3v) is 3.17. The highest BCUT2D eigenvalue weighted by Crippen LogP contribution is 2.29. The molecule has 5 heteroatoms. The zero-order valence-corrected chi connectivity index (χ0v) is 9.92. The molecule has 1 aliphatic rings. The maximum Gasteiger partial charge on any atom is 0.227 e. The van der Waals surface area contributed by atoms with Gasteiger partial charge < -0.3 is 20.5 Å². The highest BCUT2D eigenvalue weighted by Gasteiger charge is 2.38. The molecule has 1 heterocycles. The second-order valence-electron chi connectivity index (χ2n) is 4.15. The van der Waals surface area contributed by atoms with Crippen molar-refractivity contribution >= 4 is 5.91 Å². The van der Waals surface area contributed by atoms with Crippen LogP contribution in [0.3, 0.4) is 0 Å². The molecule has 0 aromatic carbocycles. The molecule has 1 aliphatic heterocycles. The summed E-state index contributed by atoms with van der Waals surface area (Å²) >= 11 is 0. The number of rotatable bonds is 7. The minimum Gasteiger partial charge on any atom is -0.394 e. The van der Waals surface area contributed by atoms with Crippen LogP contribution in [0.25, 0.3) is 0 Å². The van der Waals surface area contributed by atoms with Crippen molar-refractivity contribution in [2.75, 3.05) is 39.5 Å². The van der Waals surface area contributed by atoms with Crippen LogP contribution >= 0.6 is 0 Å². The van der Waals surface area contributed by atoms with E-state index in [0.29, 0.717) is 19.8 Å². The molecule has 0 radical (unpaired) electrons. The molecule has 0 aromatic heterocycles. The van der Waals surface area contributed by atoms with Crippen LogP contribution in [0.15, 0.2) is 0 Å². The molecule has 1 amide bonds. The van der Waals surface area contributed by atoms with Crippen molar-refractivity contribution in [2.24, 2.45) is 5.41 Å². The predicted molar refractivity (Wildman–Crippen MR) is 61.1 cm³/mol. The van der Waals surface area contributed by atoms with Crippen molar-refractivity contribution in [3.63, 3.8) is 0 Å². The van der Waals surface area contributed by atoms with Crippen molar-refractivity contribution in [1.82, 2.24) is 10.6 Å². The lowest BCUT2D eigenvalue weighted by atomic mass is 9.83. The molecule has 5 nitrogen and oxygen atoms in total. The van der Waals surface area contributed by atoms with E-state index in [9.17, 15) is 4.79 Å². The monoisotopic (exact) mass is 230 g/mol. The molecule has 1 fully saturated rings. The summed E-state index contributed by atoms with van der Waals surface area (Å²) in [6.07, 6.45) is 1.77. The minimum atomic E-state index is -0.225. The van der Waals surface area contributed by atoms with Gasteiger partial charge in [-0.05, 0) is 19.4 Å². The van der Waals surface area contributed by atoms with E-state index < -0.39 is 0 Å². The van der Waals surface area contributed by atoms with Crippen LogP contribution in [0.2, 0.25) is 0 Å². The van der Waals surface area contributed by atoms with Crippen LogP contribution in [0, 0.1) is 5.41 Å². The van der Waals surface area contributed by atoms with E-state index >= 15 is 0 Å².